The van der Waals surface area contributed by atoms with Crippen molar-refractivity contribution in [3.8, 4) is 11.5 Å². The molecular formula is C27H35ClN2O5. The third kappa shape index (κ3) is 7.58. The molecule has 1 atom stereocenters. The smallest absolute Gasteiger partial charge is 0.222 e. The SMILES string of the molecule is COC1(COc2cccc(Cl)c2)COCCN(Cc2cccc(OCCCN3CCCC3=O)c2)C1. The third-order valence-corrected chi connectivity index (χ3v) is 6.71. The maximum atomic E-state index is 11.7. The number of rotatable bonds is 11. The first-order valence-corrected chi connectivity index (χ1v) is 12.7. The van der Waals surface area contributed by atoms with E-state index in [9.17, 15) is 4.79 Å². The van der Waals surface area contributed by atoms with Gasteiger partial charge in [0, 0.05) is 51.3 Å². The van der Waals surface area contributed by atoms with Crippen molar-refractivity contribution in [1.82, 2.24) is 9.80 Å². The zero-order valence-electron chi connectivity index (χ0n) is 20.4. The summed E-state index contributed by atoms with van der Waals surface area (Å²) in [7, 11) is 1.71. The molecule has 0 aromatic heterocycles. The standard InChI is InChI=1S/C27H35ClN2O5/c1-32-27(21-35-25-9-3-7-23(28)17-25)19-29(13-15-33-20-27)18-22-6-2-8-24(16-22)34-14-5-12-30-11-4-10-26(30)31/h2-3,6-9,16-17H,4-5,10-15,18-21H2,1H3. The van der Waals surface area contributed by atoms with Crippen LogP contribution in [0.4, 0.5) is 0 Å². The largest absolute Gasteiger partial charge is 0.494 e. The van der Waals surface area contributed by atoms with Gasteiger partial charge in [0.05, 0.1) is 19.8 Å². The van der Waals surface area contributed by atoms with Gasteiger partial charge in [0.25, 0.3) is 0 Å². The Morgan fingerprint density at radius 3 is 2.69 bits per heavy atom. The molecule has 8 heteroatoms. The Balaban J connectivity index is 1.30. The third-order valence-electron chi connectivity index (χ3n) is 6.48. The second kappa shape index (κ2) is 12.6. The van der Waals surface area contributed by atoms with Gasteiger partial charge in [-0.05, 0) is 48.7 Å². The van der Waals surface area contributed by atoms with Crippen LogP contribution in [-0.2, 0) is 20.8 Å². The summed E-state index contributed by atoms with van der Waals surface area (Å²) in [6, 6.07) is 15.6. The average molecular weight is 503 g/mol. The molecule has 0 saturated carbocycles. The van der Waals surface area contributed by atoms with Gasteiger partial charge in [-0.15, -0.1) is 0 Å². The molecule has 2 fully saturated rings. The fourth-order valence-corrected chi connectivity index (χ4v) is 4.72. The number of ether oxygens (including phenoxy) is 4. The summed E-state index contributed by atoms with van der Waals surface area (Å²) in [4.78, 5) is 16.0. The second-order valence-corrected chi connectivity index (χ2v) is 9.67. The molecule has 1 unspecified atom stereocenters. The Hall–Kier alpha value is -2.32. The first-order chi connectivity index (χ1) is 17.0. The van der Waals surface area contributed by atoms with E-state index in [2.05, 4.69) is 17.0 Å². The van der Waals surface area contributed by atoms with Gasteiger partial charge >= 0.3 is 0 Å². The molecule has 2 aliphatic heterocycles. The van der Waals surface area contributed by atoms with E-state index < -0.39 is 5.60 Å². The van der Waals surface area contributed by atoms with Crippen molar-refractivity contribution in [3.05, 3.63) is 59.1 Å². The molecule has 2 aliphatic rings. The summed E-state index contributed by atoms with van der Waals surface area (Å²) in [6.07, 6.45) is 2.49. The van der Waals surface area contributed by atoms with Crippen LogP contribution in [-0.4, -0.2) is 81.0 Å². The van der Waals surface area contributed by atoms with Gasteiger partial charge in [0.2, 0.25) is 5.91 Å². The van der Waals surface area contributed by atoms with Crippen LogP contribution >= 0.6 is 11.6 Å². The van der Waals surface area contributed by atoms with E-state index in [-0.39, 0.29) is 5.91 Å². The lowest BCUT2D eigenvalue weighted by molar-refractivity contribution is -0.127. The molecular weight excluding hydrogens is 468 g/mol. The molecule has 2 saturated heterocycles. The van der Waals surface area contributed by atoms with Gasteiger partial charge in [-0.2, -0.15) is 0 Å². The van der Waals surface area contributed by atoms with E-state index in [1.165, 1.54) is 5.56 Å². The maximum Gasteiger partial charge on any atom is 0.222 e. The highest BCUT2D eigenvalue weighted by atomic mass is 35.5. The van der Waals surface area contributed by atoms with Gasteiger partial charge in [0.15, 0.2) is 0 Å². The van der Waals surface area contributed by atoms with Crippen LogP contribution in [0.1, 0.15) is 24.8 Å². The van der Waals surface area contributed by atoms with Crippen molar-refractivity contribution in [2.75, 3.05) is 59.7 Å². The molecule has 4 rings (SSSR count). The molecule has 35 heavy (non-hydrogen) atoms. The van der Waals surface area contributed by atoms with Crippen molar-refractivity contribution in [1.29, 1.82) is 0 Å². The van der Waals surface area contributed by atoms with E-state index in [0.717, 1.165) is 44.8 Å². The van der Waals surface area contributed by atoms with Crippen LogP contribution in [0.25, 0.3) is 0 Å². The van der Waals surface area contributed by atoms with E-state index in [1.807, 2.05) is 35.2 Å². The molecule has 0 radical (unpaired) electrons. The first kappa shape index (κ1) is 25.8. The normalized spacial score (nSPS) is 21.2. The number of carbonyl (C=O) groups excluding carboxylic acids is 1. The monoisotopic (exact) mass is 502 g/mol. The molecule has 190 valence electrons. The highest BCUT2D eigenvalue weighted by Gasteiger charge is 2.36. The van der Waals surface area contributed by atoms with E-state index in [0.29, 0.717) is 50.2 Å². The molecule has 0 bridgehead atoms. The summed E-state index contributed by atoms with van der Waals surface area (Å²) in [5.74, 6) is 1.82. The number of likely N-dealkylation sites (tertiary alicyclic amines) is 1. The average Bonchev–Trinajstić information content (AvgIpc) is 3.16. The fraction of sp³-hybridized carbons (Fsp3) is 0.519. The summed E-state index contributed by atoms with van der Waals surface area (Å²) >= 11 is 6.09. The topological polar surface area (TPSA) is 60.5 Å². The number of amides is 1. The lowest BCUT2D eigenvalue weighted by atomic mass is 10.1. The predicted octanol–water partition coefficient (Wildman–Crippen LogP) is 4.03. The fourth-order valence-electron chi connectivity index (χ4n) is 4.54. The Labute approximate surface area is 212 Å². The lowest BCUT2D eigenvalue weighted by Gasteiger charge is -2.34. The number of benzene rings is 2. The maximum absolute atomic E-state index is 11.7. The molecule has 0 N–H and O–H groups in total. The molecule has 1 amide bonds. The van der Waals surface area contributed by atoms with Crippen molar-refractivity contribution < 1.29 is 23.7 Å². The van der Waals surface area contributed by atoms with Gasteiger partial charge in [-0.25, -0.2) is 0 Å². The number of halogens is 1. The summed E-state index contributed by atoms with van der Waals surface area (Å²) in [6.45, 7) is 5.93. The second-order valence-electron chi connectivity index (χ2n) is 9.23. The van der Waals surface area contributed by atoms with Crippen molar-refractivity contribution in [2.45, 2.75) is 31.4 Å². The minimum absolute atomic E-state index is 0.263. The Morgan fingerprint density at radius 1 is 1.09 bits per heavy atom. The Kier molecular flexibility index (Phi) is 9.26. The van der Waals surface area contributed by atoms with E-state index >= 15 is 0 Å². The van der Waals surface area contributed by atoms with Crippen LogP contribution < -0.4 is 9.47 Å². The summed E-state index contributed by atoms with van der Waals surface area (Å²) in [5.41, 5.74) is 0.583. The van der Waals surface area contributed by atoms with Crippen LogP contribution in [0.2, 0.25) is 5.02 Å². The predicted molar refractivity (Wildman–Crippen MR) is 135 cm³/mol. The van der Waals surface area contributed by atoms with Crippen LogP contribution in [0.5, 0.6) is 11.5 Å². The minimum atomic E-state index is -0.583. The molecule has 2 aromatic rings. The molecule has 7 nitrogen and oxygen atoms in total. The summed E-state index contributed by atoms with van der Waals surface area (Å²) in [5, 5.41) is 0.638. The number of hydrogen-bond donors (Lipinski definition) is 0. The quantitative estimate of drug-likeness (QED) is 0.432. The Bertz CT molecular complexity index is 974. The number of carbonyl (C=O) groups is 1. The highest BCUT2D eigenvalue weighted by molar-refractivity contribution is 6.30. The Morgan fingerprint density at radius 2 is 1.91 bits per heavy atom. The molecule has 0 aliphatic carbocycles. The zero-order chi connectivity index (χ0) is 24.5. The molecule has 2 heterocycles. The lowest BCUT2D eigenvalue weighted by Crippen LogP contribution is -2.50. The molecule has 0 spiro atoms. The zero-order valence-corrected chi connectivity index (χ0v) is 21.2. The first-order valence-electron chi connectivity index (χ1n) is 12.3. The summed E-state index contributed by atoms with van der Waals surface area (Å²) < 4.78 is 23.8. The van der Waals surface area contributed by atoms with E-state index in [4.69, 9.17) is 30.5 Å². The van der Waals surface area contributed by atoms with Crippen molar-refractivity contribution >= 4 is 17.5 Å². The minimum Gasteiger partial charge on any atom is -0.494 e. The van der Waals surface area contributed by atoms with Crippen LogP contribution in [0.3, 0.4) is 0 Å². The van der Waals surface area contributed by atoms with Crippen LogP contribution in [0.15, 0.2) is 48.5 Å². The van der Waals surface area contributed by atoms with Gasteiger partial charge in [0.1, 0.15) is 23.7 Å². The van der Waals surface area contributed by atoms with Crippen molar-refractivity contribution in [2.24, 2.45) is 0 Å². The van der Waals surface area contributed by atoms with E-state index in [1.54, 1.807) is 13.2 Å². The van der Waals surface area contributed by atoms with Gasteiger partial charge < -0.3 is 23.8 Å². The highest BCUT2D eigenvalue weighted by Crippen LogP contribution is 2.24. The molecule has 2 aromatic carbocycles. The van der Waals surface area contributed by atoms with Gasteiger partial charge in [-0.3, -0.25) is 9.69 Å². The number of nitrogens with zero attached hydrogens (tertiary/aromatic N) is 2. The number of hydrogen-bond acceptors (Lipinski definition) is 6. The van der Waals surface area contributed by atoms with Gasteiger partial charge in [-0.1, -0.05) is 29.8 Å². The van der Waals surface area contributed by atoms with Crippen LogP contribution in [0, 0.1) is 0 Å². The number of methoxy groups -OCH3 is 1. The van der Waals surface area contributed by atoms with Crippen molar-refractivity contribution in [3.63, 3.8) is 0 Å².